The van der Waals surface area contributed by atoms with E-state index in [2.05, 4.69) is 15.3 Å². The highest BCUT2D eigenvalue weighted by atomic mass is 16.5. The van der Waals surface area contributed by atoms with E-state index in [1.807, 2.05) is 67.6 Å². The lowest BCUT2D eigenvalue weighted by atomic mass is 10.2. The molecular formula is C19H19N3O2. The standard InChI is InChI=1S/C19H19N3O2/c1-14-21-17-10-9-15(12-18(17)22-14)8-5-11-20-19(23)24-13-16-6-3-2-4-7-16/h2-10,12H,11,13H2,1H3,(H,20,23)(H,21,22). The first-order valence-corrected chi connectivity index (χ1v) is 7.78. The summed E-state index contributed by atoms with van der Waals surface area (Å²) in [4.78, 5) is 19.2. The fourth-order valence-electron chi connectivity index (χ4n) is 2.37. The number of hydrogen-bond donors (Lipinski definition) is 2. The predicted molar refractivity (Wildman–Crippen MR) is 94.5 cm³/mol. The monoisotopic (exact) mass is 321 g/mol. The fourth-order valence-corrected chi connectivity index (χ4v) is 2.37. The maximum absolute atomic E-state index is 11.6. The molecule has 122 valence electrons. The SMILES string of the molecule is Cc1nc2ccc(C=CCNC(=O)OCc3ccccc3)cc2[nH]1. The van der Waals surface area contributed by atoms with Crippen molar-refractivity contribution in [3.05, 3.63) is 71.6 Å². The molecule has 0 saturated heterocycles. The Hall–Kier alpha value is -3.08. The number of carbonyl (C=O) groups excluding carboxylic acids is 1. The Bertz CT molecular complexity index is 853. The average molecular weight is 321 g/mol. The lowest BCUT2D eigenvalue weighted by Gasteiger charge is -2.05. The Labute approximate surface area is 140 Å². The molecule has 1 amide bonds. The number of H-pyrrole nitrogens is 1. The van der Waals surface area contributed by atoms with Gasteiger partial charge in [-0.05, 0) is 30.2 Å². The molecule has 5 nitrogen and oxygen atoms in total. The fraction of sp³-hybridized carbons (Fsp3) is 0.158. The van der Waals surface area contributed by atoms with E-state index in [0.29, 0.717) is 6.54 Å². The molecule has 5 heteroatoms. The van der Waals surface area contributed by atoms with E-state index in [1.54, 1.807) is 0 Å². The van der Waals surface area contributed by atoms with Gasteiger partial charge in [-0.2, -0.15) is 0 Å². The second-order valence-corrected chi connectivity index (χ2v) is 5.44. The van der Waals surface area contributed by atoms with Crippen LogP contribution in [0.4, 0.5) is 4.79 Å². The molecule has 0 aliphatic rings. The van der Waals surface area contributed by atoms with E-state index in [9.17, 15) is 4.79 Å². The maximum Gasteiger partial charge on any atom is 0.407 e. The van der Waals surface area contributed by atoms with Gasteiger partial charge in [0.15, 0.2) is 0 Å². The first-order valence-electron chi connectivity index (χ1n) is 7.78. The van der Waals surface area contributed by atoms with E-state index >= 15 is 0 Å². The molecule has 2 N–H and O–H groups in total. The van der Waals surface area contributed by atoms with E-state index in [4.69, 9.17) is 4.74 Å². The zero-order valence-corrected chi connectivity index (χ0v) is 13.5. The van der Waals surface area contributed by atoms with Gasteiger partial charge in [-0.25, -0.2) is 9.78 Å². The number of aromatic nitrogens is 2. The third kappa shape index (κ3) is 4.23. The van der Waals surface area contributed by atoms with Gasteiger partial charge in [-0.15, -0.1) is 0 Å². The van der Waals surface area contributed by atoms with Gasteiger partial charge in [0, 0.05) is 6.54 Å². The van der Waals surface area contributed by atoms with Gasteiger partial charge in [0.1, 0.15) is 12.4 Å². The normalized spacial score (nSPS) is 11.0. The molecule has 0 aliphatic heterocycles. The molecule has 3 rings (SSSR count). The highest BCUT2D eigenvalue weighted by Gasteiger charge is 2.01. The lowest BCUT2D eigenvalue weighted by molar-refractivity contribution is 0.141. The summed E-state index contributed by atoms with van der Waals surface area (Å²) in [5.74, 6) is 0.897. The van der Waals surface area contributed by atoms with Crippen LogP contribution in [0.1, 0.15) is 17.0 Å². The van der Waals surface area contributed by atoms with Crippen molar-refractivity contribution in [2.45, 2.75) is 13.5 Å². The summed E-state index contributed by atoms with van der Waals surface area (Å²) in [6.07, 6.45) is 3.41. The van der Waals surface area contributed by atoms with Gasteiger partial charge in [-0.1, -0.05) is 48.6 Å². The van der Waals surface area contributed by atoms with E-state index in [0.717, 1.165) is 28.0 Å². The average Bonchev–Trinajstić information content (AvgIpc) is 2.97. The van der Waals surface area contributed by atoms with Crippen LogP contribution in [0, 0.1) is 6.92 Å². The minimum Gasteiger partial charge on any atom is -0.445 e. The van der Waals surface area contributed by atoms with Gasteiger partial charge < -0.3 is 15.0 Å². The Morgan fingerprint density at radius 2 is 2.08 bits per heavy atom. The number of benzene rings is 2. The number of aryl methyl sites for hydroxylation is 1. The topological polar surface area (TPSA) is 67.0 Å². The first kappa shape index (κ1) is 15.8. The number of carbonyl (C=O) groups is 1. The molecule has 0 unspecified atom stereocenters. The van der Waals surface area contributed by atoms with E-state index in [1.165, 1.54) is 0 Å². The summed E-state index contributed by atoms with van der Waals surface area (Å²) >= 11 is 0. The number of nitrogens with one attached hydrogen (secondary N) is 2. The third-order valence-corrected chi connectivity index (χ3v) is 3.51. The number of amides is 1. The Morgan fingerprint density at radius 1 is 1.25 bits per heavy atom. The smallest absolute Gasteiger partial charge is 0.407 e. The molecule has 0 bridgehead atoms. The third-order valence-electron chi connectivity index (χ3n) is 3.51. The van der Waals surface area contributed by atoms with Gasteiger partial charge in [0.05, 0.1) is 11.0 Å². The molecule has 0 atom stereocenters. The number of imidazole rings is 1. The van der Waals surface area contributed by atoms with Gasteiger partial charge >= 0.3 is 6.09 Å². The Kier molecular flexibility index (Phi) is 4.91. The summed E-state index contributed by atoms with van der Waals surface area (Å²) in [6.45, 7) is 2.61. The molecule has 3 aromatic rings. The molecule has 1 heterocycles. The molecular weight excluding hydrogens is 302 g/mol. The zero-order valence-electron chi connectivity index (χ0n) is 13.5. The number of ether oxygens (including phenoxy) is 1. The van der Waals surface area contributed by atoms with E-state index in [-0.39, 0.29) is 6.61 Å². The Morgan fingerprint density at radius 3 is 2.92 bits per heavy atom. The van der Waals surface area contributed by atoms with Crippen molar-refractivity contribution in [2.75, 3.05) is 6.54 Å². The van der Waals surface area contributed by atoms with Crippen LogP contribution < -0.4 is 5.32 Å². The highest BCUT2D eigenvalue weighted by molar-refractivity contribution is 5.78. The molecule has 0 fully saturated rings. The van der Waals surface area contributed by atoms with Crippen molar-refractivity contribution >= 4 is 23.2 Å². The zero-order chi connectivity index (χ0) is 16.8. The summed E-state index contributed by atoms with van der Waals surface area (Å²) < 4.78 is 5.14. The minimum atomic E-state index is -0.428. The van der Waals surface area contributed by atoms with Crippen LogP contribution in [-0.2, 0) is 11.3 Å². The predicted octanol–water partition coefficient (Wildman–Crippen LogP) is 3.81. The molecule has 0 saturated carbocycles. The van der Waals surface area contributed by atoms with Crippen molar-refractivity contribution in [1.29, 1.82) is 0 Å². The van der Waals surface area contributed by atoms with Crippen molar-refractivity contribution < 1.29 is 9.53 Å². The molecule has 2 aromatic carbocycles. The molecule has 0 radical (unpaired) electrons. The van der Waals surface area contributed by atoms with E-state index < -0.39 is 6.09 Å². The van der Waals surface area contributed by atoms with Crippen LogP contribution in [0.3, 0.4) is 0 Å². The molecule has 24 heavy (non-hydrogen) atoms. The maximum atomic E-state index is 11.6. The number of alkyl carbamates (subject to hydrolysis) is 1. The van der Waals surface area contributed by atoms with Crippen molar-refractivity contribution in [1.82, 2.24) is 15.3 Å². The summed E-state index contributed by atoms with van der Waals surface area (Å²) in [6, 6.07) is 15.6. The Balaban J connectivity index is 1.46. The van der Waals surface area contributed by atoms with Crippen LogP contribution in [-0.4, -0.2) is 22.6 Å². The minimum absolute atomic E-state index is 0.270. The number of nitrogens with zero attached hydrogens (tertiary/aromatic N) is 1. The second kappa shape index (κ2) is 7.46. The van der Waals surface area contributed by atoms with Crippen molar-refractivity contribution in [3.8, 4) is 0 Å². The van der Waals surface area contributed by atoms with Crippen LogP contribution >= 0.6 is 0 Å². The molecule has 1 aromatic heterocycles. The van der Waals surface area contributed by atoms with Crippen molar-refractivity contribution in [2.24, 2.45) is 0 Å². The number of aromatic amines is 1. The van der Waals surface area contributed by atoms with Crippen LogP contribution in [0.2, 0.25) is 0 Å². The lowest BCUT2D eigenvalue weighted by Crippen LogP contribution is -2.24. The first-order chi connectivity index (χ1) is 11.7. The quantitative estimate of drug-likeness (QED) is 0.751. The van der Waals surface area contributed by atoms with Crippen LogP contribution in [0.15, 0.2) is 54.6 Å². The van der Waals surface area contributed by atoms with Crippen molar-refractivity contribution in [3.63, 3.8) is 0 Å². The summed E-state index contributed by atoms with van der Waals surface area (Å²) in [7, 11) is 0. The van der Waals surface area contributed by atoms with Gasteiger partial charge in [0.2, 0.25) is 0 Å². The van der Waals surface area contributed by atoms with Gasteiger partial charge in [0.25, 0.3) is 0 Å². The molecule has 0 aliphatic carbocycles. The largest absolute Gasteiger partial charge is 0.445 e. The van der Waals surface area contributed by atoms with Crippen LogP contribution in [0.5, 0.6) is 0 Å². The number of fused-ring (bicyclic) bond motifs is 1. The second-order valence-electron chi connectivity index (χ2n) is 5.44. The summed E-state index contributed by atoms with van der Waals surface area (Å²) in [5.41, 5.74) is 3.97. The van der Waals surface area contributed by atoms with Gasteiger partial charge in [-0.3, -0.25) is 0 Å². The highest BCUT2D eigenvalue weighted by Crippen LogP contribution is 2.14. The molecule has 0 spiro atoms. The summed E-state index contributed by atoms with van der Waals surface area (Å²) in [5, 5.41) is 2.70. The number of hydrogen-bond acceptors (Lipinski definition) is 3. The number of rotatable bonds is 5. The van der Waals surface area contributed by atoms with Crippen LogP contribution in [0.25, 0.3) is 17.1 Å².